The molecule has 3 N–H and O–H groups in total. The van der Waals surface area contributed by atoms with Gasteiger partial charge in [-0.05, 0) is 38.6 Å². The zero-order chi connectivity index (χ0) is 22.3. The molecule has 2 fully saturated rings. The van der Waals surface area contributed by atoms with Crippen LogP contribution in [-0.4, -0.2) is 73.8 Å². The van der Waals surface area contributed by atoms with Crippen LogP contribution in [0.15, 0.2) is 41.1 Å². The van der Waals surface area contributed by atoms with E-state index in [4.69, 9.17) is 9.26 Å². The van der Waals surface area contributed by atoms with Gasteiger partial charge in [0.05, 0.1) is 29.2 Å². The SMILES string of the molecule is C[C@H]1OCC[C@@H]1Nc1nccc(-c2cccc(-c3cc([C@]4(O)CCN(C)C4O)on3)n2)n1. The van der Waals surface area contributed by atoms with Gasteiger partial charge in [0, 0.05) is 31.8 Å². The number of aromatic nitrogens is 4. The number of likely N-dealkylation sites (tertiary alicyclic amines) is 1. The van der Waals surface area contributed by atoms with Gasteiger partial charge in [-0.25, -0.2) is 15.0 Å². The Morgan fingerprint density at radius 2 is 1.94 bits per heavy atom. The van der Waals surface area contributed by atoms with Crippen LogP contribution in [0.5, 0.6) is 0 Å². The fraction of sp³-hybridized carbons (Fsp3) is 0.455. The molecule has 0 aromatic carbocycles. The molecule has 10 heteroatoms. The Hall–Kier alpha value is -2.92. The number of aliphatic hydroxyl groups is 2. The molecule has 5 heterocycles. The third-order valence-corrected chi connectivity index (χ3v) is 6.25. The van der Waals surface area contributed by atoms with Gasteiger partial charge in [0.15, 0.2) is 11.4 Å². The van der Waals surface area contributed by atoms with Crippen molar-refractivity contribution >= 4 is 5.95 Å². The van der Waals surface area contributed by atoms with E-state index in [1.165, 1.54) is 0 Å². The van der Waals surface area contributed by atoms with Gasteiger partial charge in [-0.15, -0.1) is 0 Å². The summed E-state index contributed by atoms with van der Waals surface area (Å²) in [6.45, 7) is 3.31. The second kappa shape index (κ2) is 8.21. The lowest BCUT2D eigenvalue weighted by Gasteiger charge is -2.25. The highest BCUT2D eigenvalue weighted by atomic mass is 16.5. The van der Waals surface area contributed by atoms with Gasteiger partial charge in [0.2, 0.25) is 5.95 Å². The van der Waals surface area contributed by atoms with E-state index >= 15 is 0 Å². The second-order valence-corrected chi connectivity index (χ2v) is 8.39. The molecule has 1 unspecified atom stereocenters. The number of hydrogen-bond acceptors (Lipinski definition) is 10. The number of nitrogens with one attached hydrogen (secondary N) is 1. The number of nitrogens with zero attached hydrogens (tertiary/aromatic N) is 5. The molecule has 0 bridgehead atoms. The number of pyridine rings is 1. The summed E-state index contributed by atoms with van der Waals surface area (Å²) in [4.78, 5) is 15.3. The number of rotatable bonds is 5. The molecule has 2 aliphatic heterocycles. The first kappa shape index (κ1) is 21.0. The van der Waals surface area contributed by atoms with Gasteiger partial charge in [0.25, 0.3) is 0 Å². The Morgan fingerprint density at radius 3 is 2.66 bits per heavy atom. The molecule has 168 valence electrons. The monoisotopic (exact) mass is 438 g/mol. The molecular weight excluding hydrogens is 412 g/mol. The summed E-state index contributed by atoms with van der Waals surface area (Å²) in [6.07, 6.45) is 2.02. The van der Waals surface area contributed by atoms with Crippen molar-refractivity contribution in [3.8, 4) is 22.8 Å². The molecule has 0 spiro atoms. The van der Waals surface area contributed by atoms with Crippen molar-refractivity contribution in [3.63, 3.8) is 0 Å². The molecule has 3 aromatic heterocycles. The highest BCUT2D eigenvalue weighted by Crippen LogP contribution is 2.37. The lowest BCUT2D eigenvalue weighted by molar-refractivity contribution is -0.116. The van der Waals surface area contributed by atoms with Crippen LogP contribution in [0.3, 0.4) is 0 Å². The maximum atomic E-state index is 10.9. The van der Waals surface area contributed by atoms with E-state index in [9.17, 15) is 10.2 Å². The number of anilines is 1. The third kappa shape index (κ3) is 3.75. The number of ether oxygens (including phenoxy) is 1. The predicted molar refractivity (Wildman–Crippen MR) is 115 cm³/mol. The Bertz CT molecular complexity index is 1110. The van der Waals surface area contributed by atoms with E-state index in [1.54, 1.807) is 30.3 Å². The van der Waals surface area contributed by atoms with Crippen LogP contribution in [0.4, 0.5) is 5.95 Å². The summed E-state index contributed by atoms with van der Waals surface area (Å²) in [7, 11) is 1.75. The number of likely N-dealkylation sites (N-methyl/N-ethyl adjacent to an activating group) is 1. The average Bonchev–Trinajstić information content (AvgIpc) is 3.52. The van der Waals surface area contributed by atoms with Crippen molar-refractivity contribution in [2.45, 2.75) is 43.7 Å². The summed E-state index contributed by atoms with van der Waals surface area (Å²) >= 11 is 0. The largest absolute Gasteiger partial charge is 0.378 e. The van der Waals surface area contributed by atoms with Gasteiger partial charge >= 0.3 is 0 Å². The topological polar surface area (TPSA) is 130 Å². The Balaban J connectivity index is 1.39. The molecule has 2 aliphatic rings. The van der Waals surface area contributed by atoms with Crippen molar-refractivity contribution in [1.82, 2.24) is 25.0 Å². The van der Waals surface area contributed by atoms with Crippen molar-refractivity contribution in [2.24, 2.45) is 0 Å². The summed E-state index contributed by atoms with van der Waals surface area (Å²) < 4.78 is 11.0. The first-order chi connectivity index (χ1) is 15.4. The zero-order valence-corrected chi connectivity index (χ0v) is 18.0. The molecule has 0 aliphatic carbocycles. The van der Waals surface area contributed by atoms with Crippen LogP contribution >= 0.6 is 0 Å². The van der Waals surface area contributed by atoms with Crippen LogP contribution in [0, 0.1) is 0 Å². The lowest BCUT2D eigenvalue weighted by Crippen LogP contribution is -2.40. The Morgan fingerprint density at radius 1 is 1.16 bits per heavy atom. The summed E-state index contributed by atoms with van der Waals surface area (Å²) in [6, 6.07) is 9.14. The Kier molecular flexibility index (Phi) is 5.38. The van der Waals surface area contributed by atoms with E-state index in [0.717, 1.165) is 13.0 Å². The van der Waals surface area contributed by atoms with Crippen molar-refractivity contribution in [3.05, 3.63) is 42.3 Å². The number of aliphatic hydroxyl groups excluding tert-OH is 1. The van der Waals surface area contributed by atoms with E-state index in [1.807, 2.05) is 25.1 Å². The van der Waals surface area contributed by atoms with E-state index in [0.29, 0.717) is 41.7 Å². The fourth-order valence-electron chi connectivity index (χ4n) is 4.19. The van der Waals surface area contributed by atoms with Gasteiger partial charge in [-0.2, -0.15) is 0 Å². The molecular formula is C22H26N6O4. The molecule has 3 aromatic rings. The van der Waals surface area contributed by atoms with Crippen LogP contribution < -0.4 is 5.32 Å². The quantitative estimate of drug-likeness (QED) is 0.540. The molecule has 5 rings (SSSR count). The van der Waals surface area contributed by atoms with E-state index in [2.05, 4.69) is 25.4 Å². The summed E-state index contributed by atoms with van der Waals surface area (Å²) in [5.74, 6) is 0.750. The van der Waals surface area contributed by atoms with Crippen molar-refractivity contribution in [2.75, 3.05) is 25.5 Å². The molecule has 0 amide bonds. The standard InChI is InChI=1S/C22H26N6O4/c1-13-14(7-11-31-13)25-21-23-9-6-17(26-21)15-4-3-5-16(24-15)18-12-19(32-27-18)22(30)8-10-28(2)20(22)29/h3-6,9,12-14,20,29-30H,7-8,10-11H2,1-2H3,(H,23,25,26)/t13-,14+,20?,22-/m1/s1. The minimum Gasteiger partial charge on any atom is -0.378 e. The van der Waals surface area contributed by atoms with Gasteiger partial charge in [-0.1, -0.05) is 11.2 Å². The third-order valence-electron chi connectivity index (χ3n) is 6.25. The average molecular weight is 438 g/mol. The van der Waals surface area contributed by atoms with Crippen molar-refractivity contribution < 1.29 is 19.5 Å². The molecule has 4 atom stereocenters. The first-order valence-electron chi connectivity index (χ1n) is 10.7. The van der Waals surface area contributed by atoms with Crippen LogP contribution in [-0.2, 0) is 10.3 Å². The van der Waals surface area contributed by atoms with Crippen LogP contribution in [0.1, 0.15) is 25.5 Å². The second-order valence-electron chi connectivity index (χ2n) is 8.39. The normalized spacial score (nSPS) is 28.3. The van der Waals surface area contributed by atoms with Gasteiger partial charge in [-0.3, -0.25) is 4.90 Å². The molecule has 10 nitrogen and oxygen atoms in total. The maximum absolute atomic E-state index is 10.9. The summed E-state index contributed by atoms with van der Waals surface area (Å²) in [5, 5.41) is 28.6. The molecule has 32 heavy (non-hydrogen) atoms. The summed E-state index contributed by atoms with van der Waals surface area (Å²) in [5.41, 5.74) is 0.888. The smallest absolute Gasteiger partial charge is 0.223 e. The molecule has 2 saturated heterocycles. The van der Waals surface area contributed by atoms with Gasteiger partial charge < -0.3 is 24.8 Å². The van der Waals surface area contributed by atoms with Crippen molar-refractivity contribution in [1.29, 1.82) is 0 Å². The predicted octanol–water partition coefficient (Wildman–Crippen LogP) is 1.62. The highest BCUT2D eigenvalue weighted by Gasteiger charge is 2.48. The molecule has 0 radical (unpaired) electrons. The highest BCUT2D eigenvalue weighted by molar-refractivity contribution is 5.62. The van der Waals surface area contributed by atoms with E-state index < -0.39 is 11.8 Å². The minimum absolute atomic E-state index is 0.109. The van der Waals surface area contributed by atoms with Crippen LogP contribution in [0.2, 0.25) is 0 Å². The maximum Gasteiger partial charge on any atom is 0.223 e. The van der Waals surface area contributed by atoms with Crippen LogP contribution in [0.25, 0.3) is 22.8 Å². The van der Waals surface area contributed by atoms with E-state index in [-0.39, 0.29) is 17.9 Å². The lowest BCUT2D eigenvalue weighted by atomic mass is 9.97. The number of hydrogen-bond donors (Lipinski definition) is 3. The first-order valence-corrected chi connectivity index (χ1v) is 10.7. The Labute approximate surface area is 185 Å². The fourth-order valence-corrected chi connectivity index (χ4v) is 4.19. The molecule has 0 saturated carbocycles. The minimum atomic E-state index is -1.49. The zero-order valence-electron chi connectivity index (χ0n) is 18.0. The van der Waals surface area contributed by atoms with Gasteiger partial charge in [0.1, 0.15) is 11.9 Å².